The predicted molar refractivity (Wildman–Crippen MR) is 109 cm³/mol. The Morgan fingerprint density at radius 3 is 2.64 bits per heavy atom. The van der Waals surface area contributed by atoms with Gasteiger partial charge in [0, 0.05) is 24.3 Å². The number of carbonyl (C=O) groups excluding carboxylic acids is 1. The second-order valence-corrected chi connectivity index (χ2v) is 7.20. The second kappa shape index (κ2) is 7.90. The molecule has 1 amide bonds. The molecule has 0 spiro atoms. The Balaban J connectivity index is 1.42. The lowest BCUT2D eigenvalue weighted by molar-refractivity contribution is 0.0773. The van der Waals surface area contributed by atoms with Crippen molar-refractivity contribution in [3.8, 4) is 5.75 Å². The van der Waals surface area contributed by atoms with Gasteiger partial charge in [-0.25, -0.2) is 0 Å². The van der Waals surface area contributed by atoms with Crippen molar-refractivity contribution in [2.24, 2.45) is 0 Å². The molecule has 0 radical (unpaired) electrons. The number of aromatic hydroxyl groups is 1. The number of halogens is 1. The largest absolute Gasteiger partial charge is 0.508 e. The van der Waals surface area contributed by atoms with Crippen LogP contribution in [-0.4, -0.2) is 38.8 Å². The van der Waals surface area contributed by atoms with E-state index in [1.807, 2.05) is 41.3 Å². The molecule has 0 unspecified atom stereocenters. The molecule has 0 fully saturated rings. The number of phenolic OH excluding ortho intramolecular Hbond substituents is 1. The molecule has 28 heavy (non-hydrogen) atoms. The number of carbonyl (C=O) groups is 1. The van der Waals surface area contributed by atoms with Crippen molar-refractivity contribution < 1.29 is 9.90 Å². The first kappa shape index (κ1) is 18.3. The molecule has 0 bridgehead atoms. The highest BCUT2D eigenvalue weighted by molar-refractivity contribution is 6.31. The fourth-order valence-corrected chi connectivity index (χ4v) is 3.53. The predicted octanol–water partition coefficient (Wildman–Crippen LogP) is 4.22. The van der Waals surface area contributed by atoms with Crippen molar-refractivity contribution in [1.29, 1.82) is 0 Å². The molecule has 1 aromatic heterocycles. The molecule has 0 saturated carbocycles. The number of aromatic nitrogens is 2. The number of hydrogen-bond donors (Lipinski definition) is 1. The summed E-state index contributed by atoms with van der Waals surface area (Å²) in [6.07, 6.45) is 6.23. The Morgan fingerprint density at radius 2 is 1.93 bits per heavy atom. The number of rotatable bonds is 4. The molecule has 3 aromatic rings. The average molecular weight is 394 g/mol. The summed E-state index contributed by atoms with van der Waals surface area (Å²) in [4.78, 5) is 14.6. The second-order valence-electron chi connectivity index (χ2n) is 6.80. The van der Waals surface area contributed by atoms with E-state index in [2.05, 4.69) is 11.2 Å². The van der Waals surface area contributed by atoms with Crippen LogP contribution in [0.1, 0.15) is 27.9 Å². The van der Waals surface area contributed by atoms with Gasteiger partial charge in [0.2, 0.25) is 0 Å². The van der Waals surface area contributed by atoms with E-state index in [1.165, 1.54) is 5.57 Å². The van der Waals surface area contributed by atoms with Gasteiger partial charge in [0.05, 0.1) is 18.3 Å². The van der Waals surface area contributed by atoms with Crippen LogP contribution in [0.5, 0.6) is 5.75 Å². The molecule has 6 heteroatoms. The Bertz CT molecular complexity index is 1020. The van der Waals surface area contributed by atoms with Crippen molar-refractivity contribution in [2.45, 2.75) is 13.0 Å². The number of amides is 1. The highest BCUT2D eigenvalue weighted by atomic mass is 35.5. The molecule has 142 valence electrons. The van der Waals surface area contributed by atoms with Gasteiger partial charge in [0.25, 0.3) is 5.91 Å². The zero-order valence-corrected chi connectivity index (χ0v) is 16.0. The van der Waals surface area contributed by atoms with E-state index in [4.69, 9.17) is 11.6 Å². The van der Waals surface area contributed by atoms with E-state index in [9.17, 15) is 9.90 Å². The summed E-state index contributed by atoms with van der Waals surface area (Å²) in [5, 5.41) is 14.4. The van der Waals surface area contributed by atoms with E-state index < -0.39 is 0 Å². The van der Waals surface area contributed by atoms with Crippen LogP contribution in [0.25, 0.3) is 5.57 Å². The molecular weight excluding hydrogens is 374 g/mol. The molecule has 1 aliphatic rings. The third kappa shape index (κ3) is 3.94. The zero-order valence-electron chi connectivity index (χ0n) is 15.3. The number of hydrogen-bond acceptors (Lipinski definition) is 3. The minimum atomic E-state index is -0.0218. The monoisotopic (exact) mass is 393 g/mol. The van der Waals surface area contributed by atoms with Crippen LogP contribution in [0.4, 0.5) is 0 Å². The van der Waals surface area contributed by atoms with Gasteiger partial charge in [0.1, 0.15) is 5.75 Å². The molecule has 0 saturated heterocycles. The van der Waals surface area contributed by atoms with Gasteiger partial charge in [0.15, 0.2) is 0 Å². The molecule has 2 heterocycles. The molecule has 1 N–H and O–H groups in total. The lowest BCUT2D eigenvalue weighted by Crippen LogP contribution is -2.34. The third-order valence-corrected chi connectivity index (χ3v) is 5.27. The smallest absolute Gasteiger partial charge is 0.257 e. The van der Waals surface area contributed by atoms with Gasteiger partial charge >= 0.3 is 0 Å². The van der Waals surface area contributed by atoms with Gasteiger partial charge in [-0.05, 0) is 41.3 Å². The highest BCUT2D eigenvalue weighted by Gasteiger charge is 2.20. The SMILES string of the molecule is O=C(c1cnn(Cc2ccccc2Cl)c1)N1CC=C(c2ccc(O)cc2)CC1. The zero-order chi connectivity index (χ0) is 19.5. The summed E-state index contributed by atoms with van der Waals surface area (Å²) >= 11 is 6.20. The molecule has 0 aliphatic carbocycles. The Labute approximate surface area is 168 Å². The maximum atomic E-state index is 12.8. The summed E-state index contributed by atoms with van der Waals surface area (Å²) in [5.74, 6) is 0.234. The van der Waals surface area contributed by atoms with Crippen molar-refractivity contribution in [3.05, 3.63) is 88.7 Å². The average Bonchev–Trinajstić information content (AvgIpc) is 3.18. The van der Waals surface area contributed by atoms with Gasteiger partial charge in [-0.3, -0.25) is 9.48 Å². The van der Waals surface area contributed by atoms with Gasteiger partial charge in [-0.2, -0.15) is 5.10 Å². The molecule has 1 aliphatic heterocycles. The van der Waals surface area contributed by atoms with Crippen LogP contribution in [-0.2, 0) is 6.54 Å². The fraction of sp³-hybridized carbons (Fsp3) is 0.182. The quantitative estimate of drug-likeness (QED) is 0.722. The highest BCUT2D eigenvalue weighted by Crippen LogP contribution is 2.25. The normalized spacial score (nSPS) is 14.0. The summed E-state index contributed by atoms with van der Waals surface area (Å²) in [7, 11) is 0. The van der Waals surface area contributed by atoms with Gasteiger partial charge in [-0.15, -0.1) is 0 Å². The van der Waals surface area contributed by atoms with Gasteiger partial charge in [-0.1, -0.05) is 48.0 Å². The topological polar surface area (TPSA) is 58.4 Å². The van der Waals surface area contributed by atoms with Crippen molar-refractivity contribution in [3.63, 3.8) is 0 Å². The van der Waals surface area contributed by atoms with Crippen LogP contribution < -0.4 is 0 Å². The third-order valence-electron chi connectivity index (χ3n) is 4.90. The van der Waals surface area contributed by atoms with E-state index >= 15 is 0 Å². The maximum Gasteiger partial charge on any atom is 0.257 e. The molecule has 0 atom stereocenters. The van der Waals surface area contributed by atoms with E-state index in [0.717, 1.165) is 17.5 Å². The van der Waals surface area contributed by atoms with Crippen LogP contribution in [0.15, 0.2) is 67.0 Å². The first-order chi connectivity index (χ1) is 13.6. The summed E-state index contributed by atoms with van der Waals surface area (Å²) < 4.78 is 1.73. The van der Waals surface area contributed by atoms with Crippen LogP contribution in [0.3, 0.4) is 0 Å². The van der Waals surface area contributed by atoms with Crippen molar-refractivity contribution in [1.82, 2.24) is 14.7 Å². The Morgan fingerprint density at radius 1 is 1.14 bits per heavy atom. The van der Waals surface area contributed by atoms with Crippen molar-refractivity contribution in [2.75, 3.05) is 13.1 Å². The number of phenols is 1. The summed E-state index contributed by atoms with van der Waals surface area (Å²) in [5.41, 5.74) is 3.81. The van der Waals surface area contributed by atoms with Gasteiger partial charge < -0.3 is 10.0 Å². The number of nitrogens with zero attached hydrogens (tertiary/aromatic N) is 3. The Kier molecular flexibility index (Phi) is 5.17. The number of benzene rings is 2. The minimum Gasteiger partial charge on any atom is -0.508 e. The molecule has 2 aromatic carbocycles. The first-order valence-corrected chi connectivity index (χ1v) is 9.51. The lowest BCUT2D eigenvalue weighted by Gasteiger charge is -2.26. The van der Waals surface area contributed by atoms with E-state index in [1.54, 1.807) is 29.2 Å². The molecule has 5 nitrogen and oxygen atoms in total. The minimum absolute atomic E-state index is 0.0218. The fourth-order valence-electron chi connectivity index (χ4n) is 3.34. The Hall–Kier alpha value is -3.05. The van der Waals surface area contributed by atoms with Crippen LogP contribution >= 0.6 is 11.6 Å². The summed E-state index contributed by atoms with van der Waals surface area (Å²) in [6.45, 7) is 1.74. The van der Waals surface area contributed by atoms with E-state index in [0.29, 0.717) is 30.2 Å². The maximum absolute atomic E-state index is 12.8. The molecule has 4 rings (SSSR count). The lowest BCUT2D eigenvalue weighted by atomic mass is 9.99. The first-order valence-electron chi connectivity index (χ1n) is 9.14. The standard InChI is InChI=1S/C22H20ClN3O2/c23-21-4-2-1-3-18(21)14-26-15-19(13-24-26)22(28)25-11-9-17(10-12-25)16-5-7-20(27)8-6-16/h1-9,13,15,27H,10-12,14H2. The summed E-state index contributed by atoms with van der Waals surface area (Å²) in [6, 6.07) is 14.8. The van der Waals surface area contributed by atoms with Crippen LogP contribution in [0, 0.1) is 0 Å². The van der Waals surface area contributed by atoms with E-state index in [-0.39, 0.29) is 11.7 Å². The van der Waals surface area contributed by atoms with Crippen LogP contribution in [0.2, 0.25) is 5.02 Å². The van der Waals surface area contributed by atoms with Crippen molar-refractivity contribution >= 4 is 23.1 Å². The molecular formula is C22H20ClN3O2.